The Morgan fingerprint density at radius 3 is 2.71 bits per heavy atom. The van der Waals surface area contributed by atoms with Crippen LogP contribution >= 0.6 is 23.2 Å². The monoisotopic (exact) mass is 272 g/mol. The second kappa shape index (κ2) is 4.48. The van der Waals surface area contributed by atoms with Crippen LogP contribution in [-0.4, -0.2) is 10.5 Å². The highest BCUT2D eigenvalue weighted by Gasteiger charge is 2.15. The Kier molecular flexibility index (Phi) is 3.34. The molecular formula is C12H14Cl2N2O. The van der Waals surface area contributed by atoms with Gasteiger partial charge in [0.15, 0.2) is 11.5 Å². The molecule has 0 atom stereocenters. The molecule has 0 unspecified atom stereocenters. The van der Waals surface area contributed by atoms with Crippen molar-refractivity contribution in [3.63, 3.8) is 0 Å². The highest BCUT2D eigenvalue weighted by atomic mass is 35.5. The van der Waals surface area contributed by atoms with Gasteiger partial charge in [0.1, 0.15) is 5.52 Å². The van der Waals surface area contributed by atoms with Crippen molar-refractivity contribution in [3.8, 4) is 0 Å². The molecule has 0 aliphatic rings. The minimum absolute atomic E-state index is 0.234. The van der Waals surface area contributed by atoms with Gasteiger partial charge in [-0.25, -0.2) is 4.98 Å². The van der Waals surface area contributed by atoms with E-state index in [1.807, 2.05) is 13.8 Å². The van der Waals surface area contributed by atoms with E-state index in [9.17, 15) is 0 Å². The quantitative estimate of drug-likeness (QED) is 0.925. The van der Waals surface area contributed by atoms with Gasteiger partial charge in [0.2, 0.25) is 0 Å². The SMILES string of the molecule is CC(C)(N)CCc1nc2cc(Cl)cc(Cl)c2o1. The van der Waals surface area contributed by atoms with Crippen molar-refractivity contribution < 1.29 is 4.42 Å². The van der Waals surface area contributed by atoms with E-state index in [1.54, 1.807) is 12.1 Å². The smallest absolute Gasteiger partial charge is 0.195 e. The van der Waals surface area contributed by atoms with E-state index < -0.39 is 0 Å². The summed E-state index contributed by atoms with van der Waals surface area (Å²) in [6.07, 6.45) is 1.48. The molecule has 0 amide bonds. The van der Waals surface area contributed by atoms with Gasteiger partial charge in [0.25, 0.3) is 0 Å². The van der Waals surface area contributed by atoms with E-state index in [-0.39, 0.29) is 5.54 Å². The Morgan fingerprint density at radius 1 is 1.35 bits per heavy atom. The van der Waals surface area contributed by atoms with Crippen molar-refractivity contribution in [1.82, 2.24) is 4.98 Å². The molecule has 2 N–H and O–H groups in total. The Labute approximate surface area is 110 Å². The lowest BCUT2D eigenvalue weighted by Crippen LogP contribution is -2.32. The lowest BCUT2D eigenvalue weighted by Gasteiger charge is -2.16. The zero-order valence-electron chi connectivity index (χ0n) is 9.76. The number of hydrogen-bond acceptors (Lipinski definition) is 3. The third-order valence-corrected chi connectivity index (χ3v) is 2.94. The summed E-state index contributed by atoms with van der Waals surface area (Å²) >= 11 is 11.9. The third-order valence-electron chi connectivity index (χ3n) is 2.44. The van der Waals surface area contributed by atoms with Crippen LogP contribution in [0.15, 0.2) is 16.5 Å². The average Bonchev–Trinajstić information content (AvgIpc) is 2.56. The third kappa shape index (κ3) is 3.12. The molecule has 92 valence electrons. The van der Waals surface area contributed by atoms with Crippen molar-refractivity contribution in [2.75, 3.05) is 0 Å². The van der Waals surface area contributed by atoms with Crippen molar-refractivity contribution in [2.45, 2.75) is 32.2 Å². The van der Waals surface area contributed by atoms with E-state index in [0.29, 0.717) is 33.5 Å². The van der Waals surface area contributed by atoms with Crippen LogP contribution in [0.5, 0.6) is 0 Å². The van der Waals surface area contributed by atoms with Gasteiger partial charge in [-0.1, -0.05) is 23.2 Å². The zero-order chi connectivity index (χ0) is 12.6. The molecule has 0 fully saturated rings. The fourth-order valence-electron chi connectivity index (χ4n) is 1.54. The highest BCUT2D eigenvalue weighted by Crippen LogP contribution is 2.28. The molecule has 0 saturated heterocycles. The van der Waals surface area contributed by atoms with Crippen LogP contribution < -0.4 is 5.73 Å². The van der Waals surface area contributed by atoms with E-state index in [4.69, 9.17) is 33.4 Å². The number of nitrogens with zero attached hydrogens (tertiary/aromatic N) is 1. The first-order chi connectivity index (χ1) is 7.85. The molecule has 0 saturated carbocycles. The number of aromatic nitrogens is 1. The number of nitrogens with two attached hydrogens (primary N) is 1. The topological polar surface area (TPSA) is 52.0 Å². The molecule has 1 heterocycles. The van der Waals surface area contributed by atoms with Gasteiger partial charge in [-0.15, -0.1) is 0 Å². The van der Waals surface area contributed by atoms with Gasteiger partial charge in [-0.2, -0.15) is 0 Å². The minimum atomic E-state index is -0.234. The number of halogens is 2. The number of hydrogen-bond donors (Lipinski definition) is 1. The minimum Gasteiger partial charge on any atom is -0.439 e. The first kappa shape index (κ1) is 12.7. The highest BCUT2D eigenvalue weighted by molar-refractivity contribution is 6.37. The summed E-state index contributed by atoms with van der Waals surface area (Å²) in [7, 11) is 0. The lowest BCUT2D eigenvalue weighted by molar-refractivity contribution is 0.435. The van der Waals surface area contributed by atoms with Crippen LogP contribution in [0.25, 0.3) is 11.1 Å². The number of aryl methyl sites for hydroxylation is 1. The summed E-state index contributed by atoms with van der Waals surface area (Å²) in [5.41, 5.74) is 6.95. The molecule has 0 aliphatic carbocycles. The Hall–Kier alpha value is -0.770. The van der Waals surface area contributed by atoms with E-state index >= 15 is 0 Å². The van der Waals surface area contributed by atoms with Crippen LogP contribution in [0, 0.1) is 0 Å². The fraction of sp³-hybridized carbons (Fsp3) is 0.417. The van der Waals surface area contributed by atoms with E-state index in [0.717, 1.165) is 6.42 Å². The molecule has 0 radical (unpaired) electrons. The summed E-state index contributed by atoms with van der Waals surface area (Å²) in [5, 5.41) is 1.04. The summed E-state index contributed by atoms with van der Waals surface area (Å²) in [5.74, 6) is 0.641. The summed E-state index contributed by atoms with van der Waals surface area (Å²) in [4.78, 5) is 4.35. The number of benzene rings is 1. The van der Waals surface area contributed by atoms with Crippen LogP contribution in [0.2, 0.25) is 10.0 Å². The van der Waals surface area contributed by atoms with Crippen molar-refractivity contribution in [1.29, 1.82) is 0 Å². The predicted octanol–water partition coefficient (Wildman–Crippen LogP) is 3.80. The average molecular weight is 273 g/mol. The maximum Gasteiger partial charge on any atom is 0.195 e. The standard InChI is InChI=1S/C12H14Cl2N2O/c1-12(2,15)4-3-10-16-9-6-7(13)5-8(14)11(9)17-10/h5-6H,3-4,15H2,1-2H3. The van der Waals surface area contributed by atoms with Crippen LogP contribution in [0.1, 0.15) is 26.2 Å². The van der Waals surface area contributed by atoms with E-state index in [1.165, 1.54) is 0 Å². The predicted molar refractivity (Wildman–Crippen MR) is 70.6 cm³/mol. The maximum absolute atomic E-state index is 6.02. The molecule has 0 bridgehead atoms. The van der Waals surface area contributed by atoms with Crippen LogP contribution in [0.3, 0.4) is 0 Å². The van der Waals surface area contributed by atoms with Crippen molar-refractivity contribution in [3.05, 3.63) is 28.1 Å². The molecule has 1 aromatic carbocycles. The number of oxazole rings is 1. The summed E-state index contributed by atoms with van der Waals surface area (Å²) in [6, 6.07) is 3.39. The van der Waals surface area contributed by atoms with Gasteiger partial charge in [-0.05, 0) is 32.4 Å². The first-order valence-electron chi connectivity index (χ1n) is 5.38. The van der Waals surface area contributed by atoms with Gasteiger partial charge in [-0.3, -0.25) is 0 Å². The second-order valence-corrected chi connectivity index (χ2v) is 5.68. The first-order valence-corrected chi connectivity index (χ1v) is 6.14. The number of fused-ring (bicyclic) bond motifs is 1. The van der Waals surface area contributed by atoms with Gasteiger partial charge >= 0.3 is 0 Å². The number of rotatable bonds is 3. The van der Waals surface area contributed by atoms with Gasteiger partial charge in [0, 0.05) is 17.0 Å². The maximum atomic E-state index is 6.02. The molecule has 3 nitrogen and oxygen atoms in total. The molecule has 2 aromatic rings. The van der Waals surface area contributed by atoms with Crippen LogP contribution in [-0.2, 0) is 6.42 Å². The molecule has 2 rings (SSSR count). The van der Waals surface area contributed by atoms with Crippen molar-refractivity contribution >= 4 is 34.3 Å². The fourth-order valence-corrected chi connectivity index (χ4v) is 2.06. The molecule has 0 aliphatic heterocycles. The summed E-state index contributed by atoms with van der Waals surface area (Å²) in [6.45, 7) is 3.94. The lowest BCUT2D eigenvalue weighted by atomic mass is 10.0. The molecular weight excluding hydrogens is 259 g/mol. The van der Waals surface area contributed by atoms with Gasteiger partial charge in [0.05, 0.1) is 5.02 Å². The molecule has 0 spiro atoms. The Balaban J connectivity index is 2.29. The molecule has 5 heteroatoms. The van der Waals surface area contributed by atoms with Gasteiger partial charge < -0.3 is 10.2 Å². The van der Waals surface area contributed by atoms with Crippen molar-refractivity contribution in [2.24, 2.45) is 5.73 Å². The molecule has 17 heavy (non-hydrogen) atoms. The normalized spacial score (nSPS) is 12.3. The Bertz CT molecular complexity index is 543. The molecule has 1 aromatic heterocycles. The zero-order valence-corrected chi connectivity index (χ0v) is 11.3. The summed E-state index contributed by atoms with van der Waals surface area (Å²) < 4.78 is 5.59. The van der Waals surface area contributed by atoms with Crippen LogP contribution in [0.4, 0.5) is 0 Å². The second-order valence-electron chi connectivity index (χ2n) is 4.83. The van der Waals surface area contributed by atoms with E-state index in [2.05, 4.69) is 4.98 Å². The Morgan fingerprint density at radius 2 is 2.06 bits per heavy atom. The largest absolute Gasteiger partial charge is 0.439 e.